The normalized spacial score (nSPS) is 35.1. The summed E-state index contributed by atoms with van der Waals surface area (Å²) >= 11 is 0. The van der Waals surface area contributed by atoms with E-state index in [0.717, 1.165) is 0 Å². The summed E-state index contributed by atoms with van der Waals surface area (Å²) in [6.45, 7) is 3.85. The summed E-state index contributed by atoms with van der Waals surface area (Å²) in [5, 5.41) is 0. The molecule has 0 saturated heterocycles. The third-order valence-electron chi connectivity index (χ3n) is 1.57. The van der Waals surface area contributed by atoms with Crippen molar-refractivity contribution >= 4 is 12.0 Å². The molecule has 0 aromatic carbocycles. The molecule has 9 heavy (non-hydrogen) atoms. The lowest BCUT2D eigenvalue weighted by Gasteiger charge is -2.13. The average Bonchev–Trinajstić information content (AvgIpc) is 1.80. The molecule has 0 saturated carbocycles. The van der Waals surface area contributed by atoms with Crippen LogP contribution < -0.4 is 0 Å². The number of hydrogen-bond donors (Lipinski definition) is 0. The fourth-order valence-electron chi connectivity index (χ4n) is 0.889. The molecule has 0 spiro atoms. The van der Waals surface area contributed by atoms with Crippen molar-refractivity contribution in [3.63, 3.8) is 0 Å². The van der Waals surface area contributed by atoms with Crippen LogP contribution >= 0.6 is 0 Å². The van der Waals surface area contributed by atoms with Crippen LogP contribution in [0.4, 0.5) is 0 Å². The zero-order valence-electron chi connectivity index (χ0n) is 5.79. The molecule has 0 bridgehead atoms. The molecule has 1 aliphatic rings. The van der Waals surface area contributed by atoms with Crippen LogP contribution in [-0.4, -0.2) is 18.0 Å². The fourth-order valence-corrected chi connectivity index (χ4v) is 0.889. The molecule has 0 radical (unpaired) electrons. The molecule has 2 heteroatoms. The van der Waals surface area contributed by atoms with Crippen LogP contribution in [0.25, 0.3) is 0 Å². The van der Waals surface area contributed by atoms with E-state index in [1.807, 2.05) is 13.8 Å². The Kier molecular flexibility index (Phi) is 1.65. The Morgan fingerprint density at radius 2 is 2.33 bits per heavy atom. The zero-order chi connectivity index (χ0) is 6.85. The minimum atomic E-state index is 0.0567. The summed E-state index contributed by atoms with van der Waals surface area (Å²) in [5.41, 5.74) is 0. The summed E-state index contributed by atoms with van der Waals surface area (Å²) in [5.74, 6) is 0.374. The van der Waals surface area contributed by atoms with Gasteiger partial charge in [-0.15, -0.1) is 0 Å². The molecule has 1 aliphatic heterocycles. The van der Waals surface area contributed by atoms with Crippen LogP contribution in [0.5, 0.6) is 0 Å². The minimum absolute atomic E-state index is 0.0567. The molecule has 0 aromatic rings. The Hall–Kier alpha value is -0.660. The van der Waals surface area contributed by atoms with Crippen LogP contribution in [0.1, 0.15) is 20.3 Å². The van der Waals surface area contributed by atoms with E-state index in [-0.39, 0.29) is 12.0 Å². The SMILES string of the molecule is CC1CC(=O)C(C)C=N1. The summed E-state index contributed by atoms with van der Waals surface area (Å²) in [6, 6.07) is 0.216. The Bertz CT molecular complexity index is 151. The lowest BCUT2D eigenvalue weighted by molar-refractivity contribution is -0.121. The number of hydrogen-bond acceptors (Lipinski definition) is 2. The molecule has 2 unspecified atom stereocenters. The lowest BCUT2D eigenvalue weighted by atomic mass is 9.99. The summed E-state index contributed by atoms with van der Waals surface area (Å²) in [7, 11) is 0. The molecule has 0 aliphatic carbocycles. The zero-order valence-corrected chi connectivity index (χ0v) is 5.79. The van der Waals surface area contributed by atoms with Crippen molar-refractivity contribution in [2.24, 2.45) is 10.9 Å². The van der Waals surface area contributed by atoms with Gasteiger partial charge in [0.25, 0.3) is 0 Å². The van der Waals surface area contributed by atoms with Crippen molar-refractivity contribution in [3.8, 4) is 0 Å². The van der Waals surface area contributed by atoms with Crippen molar-refractivity contribution in [3.05, 3.63) is 0 Å². The molecule has 50 valence electrons. The van der Waals surface area contributed by atoms with E-state index >= 15 is 0 Å². The highest BCUT2D eigenvalue weighted by atomic mass is 16.1. The Morgan fingerprint density at radius 3 is 2.78 bits per heavy atom. The van der Waals surface area contributed by atoms with Gasteiger partial charge in [-0.2, -0.15) is 0 Å². The summed E-state index contributed by atoms with van der Waals surface area (Å²) < 4.78 is 0. The number of rotatable bonds is 0. The van der Waals surface area contributed by atoms with Gasteiger partial charge in [-0.3, -0.25) is 9.79 Å². The number of carbonyl (C=O) groups excluding carboxylic acids is 1. The van der Waals surface area contributed by atoms with Crippen LogP contribution in [-0.2, 0) is 4.79 Å². The van der Waals surface area contributed by atoms with E-state index in [4.69, 9.17) is 0 Å². The van der Waals surface area contributed by atoms with Gasteiger partial charge in [-0.25, -0.2) is 0 Å². The number of aliphatic imine (C=N–C) groups is 1. The highest BCUT2D eigenvalue weighted by Gasteiger charge is 2.17. The predicted octanol–water partition coefficient (Wildman–Crippen LogP) is 1.05. The van der Waals surface area contributed by atoms with E-state index < -0.39 is 0 Å². The minimum Gasteiger partial charge on any atom is -0.299 e. The van der Waals surface area contributed by atoms with Crippen molar-refractivity contribution in [2.75, 3.05) is 0 Å². The van der Waals surface area contributed by atoms with E-state index in [1.54, 1.807) is 6.21 Å². The maximum atomic E-state index is 10.9. The number of Topliss-reactive ketones (excluding diaryl/α,β-unsaturated/α-hetero) is 1. The first-order chi connectivity index (χ1) is 4.20. The van der Waals surface area contributed by atoms with Crippen LogP contribution in [0.2, 0.25) is 0 Å². The molecule has 1 heterocycles. The molecule has 0 amide bonds. The second-order valence-corrected chi connectivity index (χ2v) is 2.61. The first-order valence-electron chi connectivity index (χ1n) is 3.26. The van der Waals surface area contributed by atoms with Gasteiger partial charge in [-0.1, -0.05) is 6.92 Å². The van der Waals surface area contributed by atoms with Crippen molar-refractivity contribution in [2.45, 2.75) is 26.3 Å². The standard InChI is InChI=1S/C7H11NO/c1-5-4-8-6(2)3-7(5)9/h4-6H,3H2,1-2H3. The number of nitrogens with zero attached hydrogens (tertiary/aromatic N) is 1. The quantitative estimate of drug-likeness (QED) is 0.476. The monoisotopic (exact) mass is 125 g/mol. The molecule has 0 aromatic heterocycles. The Morgan fingerprint density at radius 1 is 1.67 bits per heavy atom. The van der Waals surface area contributed by atoms with Crippen LogP contribution in [0.3, 0.4) is 0 Å². The third kappa shape index (κ3) is 1.37. The van der Waals surface area contributed by atoms with Crippen molar-refractivity contribution < 1.29 is 4.79 Å². The summed E-state index contributed by atoms with van der Waals surface area (Å²) in [4.78, 5) is 15.0. The fraction of sp³-hybridized carbons (Fsp3) is 0.714. The van der Waals surface area contributed by atoms with Gasteiger partial charge in [0.1, 0.15) is 5.78 Å². The molecule has 2 nitrogen and oxygen atoms in total. The maximum absolute atomic E-state index is 10.9. The highest BCUT2D eigenvalue weighted by Crippen LogP contribution is 2.09. The first-order valence-corrected chi connectivity index (χ1v) is 3.26. The van der Waals surface area contributed by atoms with Gasteiger partial charge in [0, 0.05) is 18.6 Å². The molecule has 2 atom stereocenters. The van der Waals surface area contributed by atoms with Gasteiger partial charge in [0.05, 0.1) is 6.04 Å². The molecular weight excluding hydrogens is 114 g/mol. The van der Waals surface area contributed by atoms with Gasteiger partial charge >= 0.3 is 0 Å². The molecular formula is C7H11NO. The van der Waals surface area contributed by atoms with Gasteiger partial charge in [0.15, 0.2) is 0 Å². The first kappa shape index (κ1) is 6.46. The molecule has 1 rings (SSSR count). The Labute approximate surface area is 55.0 Å². The second-order valence-electron chi connectivity index (χ2n) is 2.61. The van der Waals surface area contributed by atoms with Crippen LogP contribution in [0.15, 0.2) is 4.99 Å². The average molecular weight is 125 g/mol. The maximum Gasteiger partial charge on any atom is 0.143 e. The number of carbonyl (C=O) groups is 1. The molecule has 0 fully saturated rings. The van der Waals surface area contributed by atoms with Crippen molar-refractivity contribution in [1.82, 2.24) is 0 Å². The van der Waals surface area contributed by atoms with Gasteiger partial charge < -0.3 is 0 Å². The lowest BCUT2D eigenvalue weighted by Crippen LogP contribution is -2.22. The Balaban J connectivity index is 2.65. The topological polar surface area (TPSA) is 29.4 Å². The van der Waals surface area contributed by atoms with Crippen molar-refractivity contribution in [1.29, 1.82) is 0 Å². The predicted molar refractivity (Wildman–Crippen MR) is 36.7 cm³/mol. The van der Waals surface area contributed by atoms with E-state index in [0.29, 0.717) is 12.2 Å². The van der Waals surface area contributed by atoms with Gasteiger partial charge in [-0.05, 0) is 6.92 Å². The second kappa shape index (κ2) is 2.29. The smallest absolute Gasteiger partial charge is 0.143 e. The largest absolute Gasteiger partial charge is 0.299 e. The van der Waals surface area contributed by atoms with E-state index in [9.17, 15) is 4.79 Å². The highest BCUT2D eigenvalue weighted by molar-refractivity contribution is 5.96. The van der Waals surface area contributed by atoms with Gasteiger partial charge in [0.2, 0.25) is 0 Å². The molecule has 0 N–H and O–H groups in total. The van der Waals surface area contributed by atoms with E-state index in [1.165, 1.54) is 0 Å². The van der Waals surface area contributed by atoms with Crippen LogP contribution in [0, 0.1) is 5.92 Å². The van der Waals surface area contributed by atoms with E-state index in [2.05, 4.69) is 4.99 Å². The summed E-state index contributed by atoms with van der Waals surface area (Å²) in [6.07, 6.45) is 2.37. The third-order valence-corrected chi connectivity index (χ3v) is 1.57. The number of ketones is 1.